The van der Waals surface area contributed by atoms with Crippen molar-refractivity contribution in [3.8, 4) is 0 Å². The van der Waals surface area contributed by atoms with Crippen LogP contribution in [0.4, 0.5) is 0 Å². The Morgan fingerprint density at radius 1 is 1.38 bits per heavy atom. The minimum Gasteiger partial charge on any atom is -0.324 e. The van der Waals surface area contributed by atoms with Crippen LogP contribution in [-0.4, -0.2) is 0 Å². The molecule has 1 nitrogen and oxygen atoms in total. The van der Waals surface area contributed by atoms with E-state index in [9.17, 15) is 0 Å². The van der Waals surface area contributed by atoms with Gasteiger partial charge in [-0.1, -0.05) is 35.3 Å². The highest BCUT2D eigenvalue weighted by molar-refractivity contribution is 6.42. The van der Waals surface area contributed by atoms with E-state index in [4.69, 9.17) is 28.9 Å². The van der Waals surface area contributed by atoms with Crippen molar-refractivity contribution in [2.45, 2.75) is 12.5 Å². The maximum atomic E-state index is 5.85. The number of hydrogen-bond donors (Lipinski definition) is 1. The summed E-state index contributed by atoms with van der Waals surface area (Å²) in [6.07, 6.45) is 2.52. The zero-order valence-electron chi connectivity index (χ0n) is 7.13. The highest BCUT2D eigenvalue weighted by atomic mass is 35.5. The van der Waals surface area contributed by atoms with Gasteiger partial charge in [0.05, 0.1) is 10.0 Å². The topological polar surface area (TPSA) is 26.0 Å². The summed E-state index contributed by atoms with van der Waals surface area (Å²) in [5, 5.41) is 1.09. The van der Waals surface area contributed by atoms with Crippen LogP contribution in [0.3, 0.4) is 0 Å². The molecule has 0 fully saturated rings. The summed E-state index contributed by atoms with van der Waals surface area (Å²) in [7, 11) is 0. The number of nitrogens with two attached hydrogens (primary N) is 1. The van der Waals surface area contributed by atoms with Crippen LogP contribution in [0.15, 0.2) is 30.9 Å². The Labute approximate surface area is 88.1 Å². The average molecular weight is 216 g/mol. The lowest BCUT2D eigenvalue weighted by atomic mass is 10.1. The first-order valence-corrected chi connectivity index (χ1v) is 4.72. The van der Waals surface area contributed by atoms with Crippen LogP contribution in [-0.2, 0) is 0 Å². The fourth-order valence-electron chi connectivity index (χ4n) is 1.06. The molecule has 0 spiro atoms. The monoisotopic (exact) mass is 215 g/mol. The van der Waals surface area contributed by atoms with Crippen LogP contribution in [0.1, 0.15) is 18.0 Å². The number of hydrogen-bond acceptors (Lipinski definition) is 1. The molecule has 3 heteroatoms. The molecule has 0 aliphatic rings. The smallest absolute Gasteiger partial charge is 0.0595 e. The molecule has 0 heterocycles. The molecule has 0 aliphatic carbocycles. The lowest BCUT2D eigenvalue weighted by Crippen LogP contribution is -2.08. The molecule has 0 saturated heterocycles. The largest absolute Gasteiger partial charge is 0.324 e. The average Bonchev–Trinajstić information content (AvgIpc) is 2.10. The first-order chi connectivity index (χ1) is 6.15. The predicted octanol–water partition coefficient (Wildman–Crippen LogP) is 3.57. The van der Waals surface area contributed by atoms with E-state index in [0.717, 1.165) is 12.0 Å². The van der Waals surface area contributed by atoms with Crippen LogP contribution < -0.4 is 5.73 Å². The lowest BCUT2D eigenvalue weighted by Gasteiger charge is -2.09. The Kier molecular flexibility index (Phi) is 3.79. The Balaban J connectivity index is 2.89. The summed E-state index contributed by atoms with van der Waals surface area (Å²) < 4.78 is 0. The van der Waals surface area contributed by atoms with E-state index in [0.29, 0.717) is 10.0 Å². The van der Waals surface area contributed by atoms with Gasteiger partial charge in [0.25, 0.3) is 0 Å². The number of benzene rings is 1. The van der Waals surface area contributed by atoms with Crippen molar-refractivity contribution >= 4 is 23.2 Å². The zero-order valence-corrected chi connectivity index (χ0v) is 8.65. The summed E-state index contributed by atoms with van der Waals surface area (Å²) in [6.45, 7) is 3.63. The lowest BCUT2D eigenvalue weighted by molar-refractivity contribution is 0.742. The van der Waals surface area contributed by atoms with E-state index in [1.54, 1.807) is 18.2 Å². The van der Waals surface area contributed by atoms with Crippen molar-refractivity contribution < 1.29 is 0 Å². The maximum Gasteiger partial charge on any atom is 0.0595 e. The molecule has 70 valence electrons. The van der Waals surface area contributed by atoms with Crippen molar-refractivity contribution in [2.24, 2.45) is 5.73 Å². The number of halogens is 2. The molecule has 0 radical (unpaired) electrons. The Morgan fingerprint density at radius 3 is 2.62 bits per heavy atom. The minimum absolute atomic E-state index is 0.0488. The molecule has 1 rings (SSSR count). The predicted molar refractivity (Wildman–Crippen MR) is 58.2 cm³/mol. The third-order valence-electron chi connectivity index (χ3n) is 1.79. The SMILES string of the molecule is C=CC[C@@H](N)c1ccc(Cl)c(Cl)c1. The summed E-state index contributed by atoms with van der Waals surface area (Å²) in [5.41, 5.74) is 6.83. The first kappa shape index (κ1) is 10.6. The molecule has 0 unspecified atom stereocenters. The van der Waals surface area contributed by atoms with Gasteiger partial charge in [0.15, 0.2) is 0 Å². The maximum absolute atomic E-state index is 5.85. The van der Waals surface area contributed by atoms with Crippen LogP contribution >= 0.6 is 23.2 Å². The van der Waals surface area contributed by atoms with E-state index in [1.165, 1.54) is 0 Å². The summed E-state index contributed by atoms with van der Waals surface area (Å²) in [4.78, 5) is 0. The molecule has 0 bridgehead atoms. The van der Waals surface area contributed by atoms with Crippen molar-refractivity contribution in [1.82, 2.24) is 0 Å². The molecule has 1 atom stereocenters. The number of rotatable bonds is 3. The highest BCUT2D eigenvalue weighted by Crippen LogP contribution is 2.25. The molecule has 2 N–H and O–H groups in total. The molecule has 1 aromatic rings. The third-order valence-corrected chi connectivity index (χ3v) is 2.53. The fourth-order valence-corrected chi connectivity index (χ4v) is 1.37. The van der Waals surface area contributed by atoms with E-state index >= 15 is 0 Å². The van der Waals surface area contributed by atoms with E-state index in [2.05, 4.69) is 6.58 Å². The van der Waals surface area contributed by atoms with Gasteiger partial charge in [-0.2, -0.15) is 0 Å². The van der Waals surface area contributed by atoms with Gasteiger partial charge in [-0.25, -0.2) is 0 Å². The summed E-state index contributed by atoms with van der Waals surface area (Å²) in [5.74, 6) is 0. The van der Waals surface area contributed by atoms with Gasteiger partial charge in [-0.15, -0.1) is 6.58 Å². The molecule has 0 amide bonds. The van der Waals surface area contributed by atoms with Gasteiger partial charge in [0, 0.05) is 6.04 Å². The molecule has 0 saturated carbocycles. The Bertz CT molecular complexity index is 310. The summed E-state index contributed by atoms with van der Waals surface area (Å²) >= 11 is 11.6. The first-order valence-electron chi connectivity index (χ1n) is 3.96. The quantitative estimate of drug-likeness (QED) is 0.768. The normalized spacial score (nSPS) is 12.5. The Hall–Kier alpha value is -0.500. The molecular formula is C10H11Cl2N. The second-order valence-electron chi connectivity index (χ2n) is 2.80. The summed E-state index contributed by atoms with van der Waals surface area (Å²) in [6, 6.07) is 5.37. The molecule has 0 aromatic heterocycles. The van der Waals surface area contributed by atoms with Crippen molar-refractivity contribution in [1.29, 1.82) is 0 Å². The second kappa shape index (κ2) is 4.66. The van der Waals surface area contributed by atoms with Gasteiger partial charge in [0.2, 0.25) is 0 Å². The van der Waals surface area contributed by atoms with Crippen LogP contribution in [0.25, 0.3) is 0 Å². The van der Waals surface area contributed by atoms with Gasteiger partial charge in [0.1, 0.15) is 0 Å². The zero-order chi connectivity index (χ0) is 9.84. The van der Waals surface area contributed by atoms with E-state index in [1.807, 2.05) is 6.07 Å². The molecule has 13 heavy (non-hydrogen) atoms. The fraction of sp³-hybridized carbons (Fsp3) is 0.200. The van der Waals surface area contributed by atoms with Gasteiger partial charge in [-0.05, 0) is 24.1 Å². The van der Waals surface area contributed by atoms with Gasteiger partial charge < -0.3 is 5.73 Å². The highest BCUT2D eigenvalue weighted by Gasteiger charge is 2.05. The van der Waals surface area contributed by atoms with Crippen LogP contribution in [0.5, 0.6) is 0 Å². The molecule has 1 aromatic carbocycles. The van der Waals surface area contributed by atoms with Crippen molar-refractivity contribution in [3.05, 3.63) is 46.5 Å². The van der Waals surface area contributed by atoms with Gasteiger partial charge in [-0.3, -0.25) is 0 Å². The van der Waals surface area contributed by atoms with Gasteiger partial charge >= 0.3 is 0 Å². The second-order valence-corrected chi connectivity index (χ2v) is 3.62. The van der Waals surface area contributed by atoms with Crippen molar-refractivity contribution in [2.75, 3.05) is 0 Å². The standard InChI is InChI=1S/C10H11Cl2N/c1-2-3-10(13)7-4-5-8(11)9(12)6-7/h2,4-6,10H,1,3,13H2/t10-/m1/s1. The van der Waals surface area contributed by atoms with E-state index < -0.39 is 0 Å². The van der Waals surface area contributed by atoms with Crippen LogP contribution in [0, 0.1) is 0 Å². The third kappa shape index (κ3) is 2.73. The minimum atomic E-state index is -0.0488. The molecular weight excluding hydrogens is 205 g/mol. The van der Waals surface area contributed by atoms with Crippen LogP contribution in [0.2, 0.25) is 10.0 Å². The van der Waals surface area contributed by atoms with E-state index in [-0.39, 0.29) is 6.04 Å². The molecule has 0 aliphatic heterocycles. The van der Waals surface area contributed by atoms with Crippen molar-refractivity contribution in [3.63, 3.8) is 0 Å². The Morgan fingerprint density at radius 2 is 2.08 bits per heavy atom.